The monoisotopic (exact) mass is 223 g/mol. The highest BCUT2D eigenvalue weighted by Crippen LogP contribution is 2.26. The molecule has 1 aromatic rings. The van der Waals surface area contributed by atoms with Gasteiger partial charge < -0.3 is 10.5 Å². The largest absolute Gasteiger partial charge is 0.496 e. The lowest BCUT2D eigenvalue weighted by molar-refractivity contribution is 0.409. The zero-order chi connectivity index (χ0) is 12.1. The van der Waals surface area contributed by atoms with Crippen molar-refractivity contribution in [1.29, 1.82) is 0 Å². The van der Waals surface area contributed by atoms with Crippen LogP contribution in [0, 0.1) is 5.82 Å². The second-order valence-electron chi connectivity index (χ2n) is 3.95. The van der Waals surface area contributed by atoms with Gasteiger partial charge in [-0.1, -0.05) is 5.57 Å². The Kier molecular flexibility index (Phi) is 4.50. The summed E-state index contributed by atoms with van der Waals surface area (Å²) in [5.41, 5.74) is 7.84. The van der Waals surface area contributed by atoms with Gasteiger partial charge in [-0.25, -0.2) is 4.39 Å². The molecular formula is C13H18FNO. The van der Waals surface area contributed by atoms with Gasteiger partial charge in [0.25, 0.3) is 0 Å². The molecule has 0 heterocycles. The average molecular weight is 223 g/mol. The zero-order valence-corrected chi connectivity index (χ0v) is 10.0. The first-order chi connectivity index (χ1) is 7.58. The standard InChI is InChI=1S/C13H18FNO/c1-9(2)6-11-12(14)7-10(4-5-15)8-13(11)16-3/h6-8H,4-5,15H2,1-3H3. The van der Waals surface area contributed by atoms with E-state index in [1.54, 1.807) is 13.2 Å². The fraction of sp³-hybridized carbons (Fsp3) is 0.385. The van der Waals surface area contributed by atoms with Crippen molar-refractivity contribution < 1.29 is 9.13 Å². The van der Waals surface area contributed by atoms with E-state index in [1.165, 1.54) is 6.07 Å². The lowest BCUT2D eigenvalue weighted by atomic mass is 10.1. The number of allylic oxidation sites excluding steroid dienone is 1. The van der Waals surface area contributed by atoms with E-state index in [0.29, 0.717) is 24.3 Å². The molecule has 0 radical (unpaired) electrons. The van der Waals surface area contributed by atoms with Gasteiger partial charge in [0.15, 0.2) is 0 Å². The summed E-state index contributed by atoms with van der Waals surface area (Å²) < 4.78 is 19.0. The van der Waals surface area contributed by atoms with Crippen LogP contribution in [-0.2, 0) is 6.42 Å². The van der Waals surface area contributed by atoms with E-state index in [0.717, 1.165) is 11.1 Å². The Morgan fingerprint density at radius 2 is 2.12 bits per heavy atom. The first-order valence-electron chi connectivity index (χ1n) is 5.30. The Balaban J connectivity index is 3.23. The topological polar surface area (TPSA) is 35.2 Å². The van der Waals surface area contributed by atoms with Crippen LogP contribution in [0.4, 0.5) is 4.39 Å². The van der Waals surface area contributed by atoms with Crippen LogP contribution >= 0.6 is 0 Å². The fourth-order valence-corrected chi connectivity index (χ4v) is 1.55. The van der Waals surface area contributed by atoms with Crippen LogP contribution in [0.15, 0.2) is 17.7 Å². The Morgan fingerprint density at radius 1 is 1.44 bits per heavy atom. The second kappa shape index (κ2) is 5.66. The smallest absolute Gasteiger partial charge is 0.134 e. The minimum absolute atomic E-state index is 0.260. The molecule has 0 spiro atoms. The Hall–Kier alpha value is -1.35. The van der Waals surface area contributed by atoms with Crippen LogP contribution in [0.3, 0.4) is 0 Å². The summed E-state index contributed by atoms with van der Waals surface area (Å²) in [6, 6.07) is 3.36. The molecule has 2 nitrogen and oxygen atoms in total. The highest BCUT2D eigenvalue weighted by atomic mass is 19.1. The quantitative estimate of drug-likeness (QED) is 0.851. The van der Waals surface area contributed by atoms with Crippen LogP contribution in [0.2, 0.25) is 0 Å². The van der Waals surface area contributed by atoms with Gasteiger partial charge in [0, 0.05) is 0 Å². The molecule has 1 rings (SSSR count). The normalized spacial score (nSPS) is 10.1. The third-order valence-electron chi connectivity index (χ3n) is 2.24. The first-order valence-corrected chi connectivity index (χ1v) is 5.30. The van der Waals surface area contributed by atoms with E-state index in [4.69, 9.17) is 10.5 Å². The third kappa shape index (κ3) is 3.07. The minimum atomic E-state index is -0.260. The molecule has 0 aliphatic heterocycles. The van der Waals surface area contributed by atoms with E-state index < -0.39 is 0 Å². The maximum absolute atomic E-state index is 13.8. The molecule has 2 N–H and O–H groups in total. The first kappa shape index (κ1) is 12.7. The van der Waals surface area contributed by atoms with Gasteiger partial charge in [-0.05, 0) is 50.6 Å². The molecule has 0 aliphatic carbocycles. The Labute approximate surface area is 95.9 Å². The summed E-state index contributed by atoms with van der Waals surface area (Å²) in [5, 5.41) is 0. The molecule has 1 aromatic carbocycles. The third-order valence-corrected chi connectivity index (χ3v) is 2.24. The number of nitrogens with two attached hydrogens (primary N) is 1. The van der Waals surface area contributed by atoms with E-state index in [-0.39, 0.29) is 5.82 Å². The van der Waals surface area contributed by atoms with Gasteiger partial charge in [0.1, 0.15) is 11.6 Å². The van der Waals surface area contributed by atoms with E-state index in [1.807, 2.05) is 19.9 Å². The number of benzene rings is 1. The van der Waals surface area contributed by atoms with Gasteiger partial charge in [0.2, 0.25) is 0 Å². The molecule has 0 saturated heterocycles. The van der Waals surface area contributed by atoms with Gasteiger partial charge in [-0.15, -0.1) is 0 Å². The van der Waals surface area contributed by atoms with Crippen molar-refractivity contribution in [3.05, 3.63) is 34.6 Å². The van der Waals surface area contributed by atoms with Crippen molar-refractivity contribution in [3.8, 4) is 5.75 Å². The summed E-state index contributed by atoms with van der Waals surface area (Å²) in [5.74, 6) is 0.300. The van der Waals surface area contributed by atoms with Crippen molar-refractivity contribution >= 4 is 6.08 Å². The molecule has 16 heavy (non-hydrogen) atoms. The second-order valence-corrected chi connectivity index (χ2v) is 3.95. The Morgan fingerprint density at radius 3 is 2.62 bits per heavy atom. The SMILES string of the molecule is COc1cc(CCN)cc(F)c1C=C(C)C. The van der Waals surface area contributed by atoms with E-state index >= 15 is 0 Å². The summed E-state index contributed by atoms with van der Waals surface area (Å²) in [6.45, 7) is 4.35. The zero-order valence-electron chi connectivity index (χ0n) is 10.0. The maximum Gasteiger partial charge on any atom is 0.134 e. The number of methoxy groups -OCH3 is 1. The van der Waals surface area contributed by atoms with Gasteiger partial charge >= 0.3 is 0 Å². The number of rotatable bonds is 4. The minimum Gasteiger partial charge on any atom is -0.496 e. The fourth-order valence-electron chi connectivity index (χ4n) is 1.55. The van der Waals surface area contributed by atoms with Crippen molar-refractivity contribution in [2.24, 2.45) is 5.73 Å². The van der Waals surface area contributed by atoms with E-state index in [2.05, 4.69) is 0 Å². The highest BCUT2D eigenvalue weighted by molar-refractivity contribution is 5.60. The molecule has 0 aliphatic rings. The molecule has 0 bridgehead atoms. The Bertz CT molecular complexity index is 395. The molecule has 3 heteroatoms. The highest BCUT2D eigenvalue weighted by Gasteiger charge is 2.09. The summed E-state index contributed by atoms with van der Waals surface area (Å²) >= 11 is 0. The molecule has 88 valence electrons. The summed E-state index contributed by atoms with van der Waals surface area (Å²) in [7, 11) is 1.54. The van der Waals surface area contributed by atoms with Gasteiger partial charge in [-0.2, -0.15) is 0 Å². The number of halogens is 1. The molecular weight excluding hydrogens is 205 g/mol. The summed E-state index contributed by atoms with van der Waals surface area (Å²) in [4.78, 5) is 0. The molecule has 0 atom stereocenters. The van der Waals surface area contributed by atoms with Crippen LogP contribution in [0.25, 0.3) is 6.08 Å². The van der Waals surface area contributed by atoms with Crippen LogP contribution in [-0.4, -0.2) is 13.7 Å². The molecule has 0 saturated carbocycles. The van der Waals surface area contributed by atoms with Crippen molar-refractivity contribution in [2.45, 2.75) is 20.3 Å². The van der Waals surface area contributed by atoms with E-state index in [9.17, 15) is 4.39 Å². The van der Waals surface area contributed by atoms with Crippen molar-refractivity contribution in [3.63, 3.8) is 0 Å². The van der Waals surface area contributed by atoms with Crippen LogP contribution in [0.1, 0.15) is 25.0 Å². The van der Waals surface area contributed by atoms with Gasteiger partial charge in [0.05, 0.1) is 12.7 Å². The lowest BCUT2D eigenvalue weighted by Crippen LogP contribution is -2.04. The van der Waals surface area contributed by atoms with Crippen LogP contribution < -0.4 is 10.5 Å². The molecule has 0 amide bonds. The predicted octanol–water partition coefficient (Wildman–Crippen LogP) is 2.76. The molecule has 0 aromatic heterocycles. The summed E-state index contributed by atoms with van der Waals surface area (Å²) in [6.07, 6.45) is 2.43. The number of ether oxygens (including phenoxy) is 1. The maximum atomic E-state index is 13.8. The van der Waals surface area contributed by atoms with Gasteiger partial charge in [-0.3, -0.25) is 0 Å². The predicted molar refractivity (Wildman–Crippen MR) is 65.0 cm³/mol. The average Bonchev–Trinajstić information content (AvgIpc) is 2.21. The number of hydrogen-bond donors (Lipinski definition) is 1. The number of hydrogen-bond acceptors (Lipinski definition) is 2. The van der Waals surface area contributed by atoms with Crippen molar-refractivity contribution in [1.82, 2.24) is 0 Å². The van der Waals surface area contributed by atoms with Crippen molar-refractivity contribution in [2.75, 3.05) is 13.7 Å². The lowest BCUT2D eigenvalue weighted by Gasteiger charge is -2.09. The molecule has 0 unspecified atom stereocenters. The molecule has 0 fully saturated rings. The van der Waals surface area contributed by atoms with Crippen LogP contribution in [0.5, 0.6) is 5.75 Å².